The zero-order valence-electron chi connectivity index (χ0n) is 13.7. The number of rotatable bonds is 4. The zero-order valence-corrected chi connectivity index (χ0v) is 13.7. The first-order valence-corrected chi connectivity index (χ1v) is 7.64. The number of amides is 1. The van der Waals surface area contributed by atoms with Crippen molar-refractivity contribution in [2.45, 2.75) is 18.9 Å². The van der Waals surface area contributed by atoms with Gasteiger partial charge < -0.3 is 15.2 Å². The van der Waals surface area contributed by atoms with Crippen LogP contribution in [0.2, 0.25) is 0 Å². The fraction of sp³-hybridized carbons (Fsp3) is 0.278. The Balaban J connectivity index is 1.99. The van der Waals surface area contributed by atoms with Gasteiger partial charge in [0.15, 0.2) is 0 Å². The Morgan fingerprint density at radius 3 is 2.75 bits per heavy atom. The van der Waals surface area contributed by atoms with Gasteiger partial charge in [0.1, 0.15) is 11.5 Å². The van der Waals surface area contributed by atoms with Gasteiger partial charge in [-0.1, -0.05) is 12.1 Å². The Morgan fingerprint density at radius 2 is 2.04 bits per heavy atom. The number of anilines is 1. The first-order chi connectivity index (χ1) is 11.5. The molecule has 2 aromatic carbocycles. The molecule has 0 unspecified atom stereocenters. The van der Waals surface area contributed by atoms with Crippen molar-refractivity contribution in [2.75, 3.05) is 19.3 Å². The third-order valence-electron chi connectivity index (χ3n) is 4.20. The molecular formula is C18H20N2O4. The molecule has 6 nitrogen and oxygen atoms in total. The molecule has 24 heavy (non-hydrogen) atoms. The third kappa shape index (κ3) is 2.93. The number of nitrogens with zero attached hydrogens (tertiary/aromatic N) is 1. The maximum absolute atomic E-state index is 11.8. The molecule has 0 bridgehead atoms. The lowest BCUT2D eigenvalue weighted by atomic mass is 9.94. The summed E-state index contributed by atoms with van der Waals surface area (Å²) >= 11 is 0. The average molecular weight is 328 g/mol. The van der Waals surface area contributed by atoms with E-state index in [1.54, 1.807) is 20.3 Å². The summed E-state index contributed by atoms with van der Waals surface area (Å²) in [5.74, 6) is 0.891. The van der Waals surface area contributed by atoms with Crippen LogP contribution in [0.1, 0.15) is 16.7 Å². The topological polar surface area (TPSA) is 85.0 Å². The first kappa shape index (κ1) is 16.3. The second-order valence-corrected chi connectivity index (χ2v) is 5.78. The fourth-order valence-corrected chi connectivity index (χ4v) is 2.96. The van der Waals surface area contributed by atoms with Gasteiger partial charge in [-0.25, -0.2) is 0 Å². The van der Waals surface area contributed by atoms with Crippen LogP contribution in [0.3, 0.4) is 0 Å². The summed E-state index contributed by atoms with van der Waals surface area (Å²) in [6.45, 7) is 0. The average Bonchev–Trinajstić information content (AvgIpc) is 2.59. The molecular weight excluding hydrogens is 308 g/mol. The van der Waals surface area contributed by atoms with Crippen LogP contribution in [-0.4, -0.2) is 31.4 Å². The summed E-state index contributed by atoms with van der Waals surface area (Å²) in [4.78, 5) is 11.8. The van der Waals surface area contributed by atoms with Crippen LogP contribution in [0.5, 0.6) is 11.5 Å². The minimum absolute atomic E-state index is 0.389. The molecule has 0 aliphatic carbocycles. The van der Waals surface area contributed by atoms with Crippen LogP contribution in [0.25, 0.3) is 0 Å². The van der Waals surface area contributed by atoms with E-state index in [9.17, 15) is 10.0 Å². The monoisotopic (exact) mass is 328 g/mol. The molecule has 1 aliphatic heterocycles. The summed E-state index contributed by atoms with van der Waals surface area (Å²) in [7, 11) is 3.20. The second-order valence-electron chi connectivity index (χ2n) is 5.78. The van der Waals surface area contributed by atoms with E-state index >= 15 is 0 Å². The highest BCUT2D eigenvalue weighted by Crippen LogP contribution is 2.34. The van der Waals surface area contributed by atoms with Crippen LogP contribution in [0.15, 0.2) is 36.4 Å². The maximum Gasteiger partial charge on any atom is 0.267 e. The minimum Gasteiger partial charge on any atom is -0.497 e. The van der Waals surface area contributed by atoms with Gasteiger partial charge in [-0.3, -0.25) is 10.0 Å². The molecule has 0 saturated heterocycles. The lowest BCUT2D eigenvalue weighted by molar-refractivity contribution is -0.125. The molecule has 126 valence electrons. The van der Waals surface area contributed by atoms with Gasteiger partial charge in [0.2, 0.25) is 0 Å². The molecule has 0 fully saturated rings. The van der Waals surface area contributed by atoms with Crippen LogP contribution < -0.4 is 20.3 Å². The summed E-state index contributed by atoms with van der Waals surface area (Å²) in [6.07, 6.45) is 1.03. The van der Waals surface area contributed by atoms with Crippen LogP contribution in [0.4, 0.5) is 5.69 Å². The van der Waals surface area contributed by atoms with Crippen molar-refractivity contribution in [3.8, 4) is 11.5 Å². The highest BCUT2D eigenvalue weighted by Gasteiger charge is 2.30. The van der Waals surface area contributed by atoms with Crippen molar-refractivity contribution in [1.29, 1.82) is 0 Å². The summed E-state index contributed by atoms with van der Waals surface area (Å²) < 4.78 is 10.7. The van der Waals surface area contributed by atoms with Gasteiger partial charge in [-0.05, 0) is 41.3 Å². The molecule has 1 heterocycles. The number of benzene rings is 2. The fourth-order valence-electron chi connectivity index (χ4n) is 2.96. The number of carbonyl (C=O) groups excluding carboxylic acids is 1. The molecule has 6 heteroatoms. The normalized spacial score (nSPS) is 16.8. The van der Waals surface area contributed by atoms with E-state index in [2.05, 4.69) is 0 Å². The number of hydrogen-bond acceptors (Lipinski definition) is 5. The first-order valence-electron chi connectivity index (χ1n) is 7.64. The van der Waals surface area contributed by atoms with Gasteiger partial charge in [0.25, 0.3) is 5.91 Å². The largest absolute Gasteiger partial charge is 0.497 e. The molecule has 1 amide bonds. The number of fused-ring (bicyclic) bond motifs is 1. The summed E-state index contributed by atoms with van der Waals surface area (Å²) in [5.41, 5.74) is 9.07. The van der Waals surface area contributed by atoms with Gasteiger partial charge in [0, 0.05) is 12.5 Å². The van der Waals surface area contributed by atoms with Crippen LogP contribution >= 0.6 is 0 Å². The van der Waals surface area contributed by atoms with E-state index in [-0.39, 0.29) is 0 Å². The number of methoxy groups -OCH3 is 2. The number of nitrogens with two attached hydrogens (primary N) is 1. The molecule has 0 saturated carbocycles. The SMILES string of the molecule is COc1cccc(Cc2cc3c(cc2OC)N(O)C(=O)[C@@H](N)C3)c1. The number of hydroxylamine groups is 1. The van der Waals surface area contributed by atoms with Crippen molar-refractivity contribution >= 4 is 11.6 Å². The Hall–Kier alpha value is -2.57. The predicted octanol–water partition coefficient (Wildman–Crippen LogP) is 1.90. The van der Waals surface area contributed by atoms with Crippen molar-refractivity contribution < 1.29 is 19.5 Å². The lowest BCUT2D eigenvalue weighted by Crippen LogP contribution is -2.47. The summed E-state index contributed by atoms with van der Waals surface area (Å²) in [5, 5.41) is 10.6. The molecule has 1 aliphatic rings. The molecule has 1 atom stereocenters. The summed E-state index contributed by atoms with van der Waals surface area (Å²) in [6, 6.07) is 10.7. The highest BCUT2D eigenvalue weighted by molar-refractivity contribution is 5.98. The number of ether oxygens (including phenoxy) is 2. The molecule has 0 radical (unpaired) electrons. The Bertz CT molecular complexity index is 776. The van der Waals surface area contributed by atoms with Gasteiger partial charge in [-0.15, -0.1) is 0 Å². The van der Waals surface area contributed by atoms with Gasteiger partial charge >= 0.3 is 0 Å². The standard InChI is InChI=1S/C18H20N2O4/c1-23-14-5-3-4-11(7-14)6-13-8-12-9-15(19)18(21)20(22)16(12)10-17(13)24-2/h3-5,7-8,10,15,22H,6,9,19H2,1-2H3/t15-/m0/s1. The van der Waals surface area contributed by atoms with E-state index in [4.69, 9.17) is 15.2 Å². The van der Waals surface area contributed by atoms with Crippen molar-refractivity contribution in [3.63, 3.8) is 0 Å². The molecule has 3 N–H and O–H groups in total. The quantitative estimate of drug-likeness (QED) is 0.837. The molecule has 2 aromatic rings. The van der Waals surface area contributed by atoms with Crippen LogP contribution in [-0.2, 0) is 17.6 Å². The van der Waals surface area contributed by atoms with Crippen molar-refractivity contribution in [3.05, 3.63) is 53.1 Å². The minimum atomic E-state index is -0.736. The van der Waals surface area contributed by atoms with Crippen molar-refractivity contribution in [2.24, 2.45) is 5.73 Å². The van der Waals surface area contributed by atoms with E-state index in [0.29, 0.717) is 29.3 Å². The molecule has 0 spiro atoms. The van der Waals surface area contributed by atoms with E-state index in [0.717, 1.165) is 22.4 Å². The Labute approximate surface area is 140 Å². The molecule has 0 aromatic heterocycles. The predicted molar refractivity (Wildman–Crippen MR) is 89.7 cm³/mol. The van der Waals surface area contributed by atoms with Gasteiger partial charge in [0.05, 0.1) is 25.9 Å². The second kappa shape index (κ2) is 6.51. The third-order valence-corrected chi connectivity index (χ3v) is 4.20. The molecule has 3 rings (SSSR count). The maximum atomic E-state index is 11.8. The van der Waals surface area contributed by atoms with E-state index in [1.165, 1.54) is 0 Å². The Morgan fingerprint density at radius 1 is 1.25 bits per heavy atom. The highest BCUT2D eigenvalue weighted by atomic mass is 16.5. The number of carbonyl (C=O) groups is 1. The van der Waals surface area contributed by atoms with E-state index in [1.807, 2.05) is 30.3 Å². The Kier molecular flexibility index (Phi) is 4.42. The van der Waals surface area contributed by atoms with E-state index < -0.39 is 11.9 Å². The lowest BCUT2D eigenvalue weighted by Gasteiger charge is -2.28. The van der Waals surface area contributed by atoms with Crippen molar-refractivity contribution in [1.82, 2.24) is 0 Å². The number of hydrogen-bond donors (Lipinski definition) is 2. The zero-order chi connectivity index (χ0) is 17.3. The van der Waals surface area contributed by atoms with Gasteiger partial charge in [-0.2, -0.15) is 5.06 Å². The van der Waals surface area contributed by atoms with Crippen LogP contribution in [0, 0.1) is 0 Å². The smallest absolute Gasteiger partial charge is 0.267 e.